The van der Waals surface area contributed by atoms with Crippen LogP contribution in [0, 0.1) is 0 Å². The smallest absolute Gasteiger partial charge is 0.169 e. The molecule has 0 fully saturated rings. The average molecular weight is 262 g/mol. The largest absolute Gasteiger partial charge is 0.381 e. The van der Waals surface area contributed by atoms with Gasteiger partial charge in [0.15, 0.2) is 5.82 Å². The highest BCUT2D eigenvalue weighted by Crippen LogP contribution is 2.17. The van der Waals surface area contributed by atoms with Crippen LogP contribution in [0.1, 0.15) is 24.6 Å². The Hall–Kier alpha value is -1.49. The van der Waals surface area contributed by atoms with Gasteiger partial charge < -0.3 is 5.73 Å². The predicted octanol–water partition coefficient (Wildman–Crippen LogP) is 2.58. The molecule has 0 spiro atoms. The predicted molar refractivity (Wildman–Crippen MR) is 75.8 cm³/mol. The van der Waals surface area contributed by atoms with Gasteiger partial charge in [0.1, 0.15) is 0 Å². The first-order valence-corrected chi connectivity index (χ1v) is 7.27. The van der Waals surface area contributed by atoms with Gasteiger partial charge in [-0.25, -0.2) is 4.68 Å². The Morgan fingerprint density at radius 3 is 2.61 bits per heavy atom. The van der Waals surface area contributed by atoms with Crippen molar-refractivity contribution in [2.24, 2.45) is 0 Å². The van der Waals surface area contributed by atoms with Crippen molar-refractivity contribution in [3.63, 3.8) is 0 Å². The van der Waals surface area contributed by atoms with E-state index in [1.807, 2.05) is 4.68 Å². The number of nitrogens with two attached hydrogens (primary N) is 1. The second kappa shape index (κ2) is 5.91. The molecule has 4 nitrogen and oxygen atoms in total. The maximum absolute atomic E-state index is 5.83. The maximum atomic E-state index is 5.83. The number of aromatic nitrogens is 3. The summed E-state index contributed by atoms with van der Waals surface area (Å²) in [5.41, 5.74) is 8.08. The van der Waals surface area contributed by atoms with Gasteiger partial charge in [0.25, 0.3) is 0 Å². The Morgan fingerprint density at radius 1 is 1.28 bits per heavy atom. The van der Waals surface area contributed by atoms with Crippen LogP contribution in [-0.4, -0.2) is 21.2 Å². The Bertz CT molecular complexity index is 504. The van der Waals surface area contributed by atoms with Crippen LogP contribution in [0.5, 0.6) is 0 Å². The molecule has 0 radical (unpaired) electrons. The molecule has 0 unspecified atom stereocenters. The zero-order valence-corrected chi connectivity index (χ0v) is 11.6. The zero-order valence-electron chi connectivity index (χ0n) is 10.8. The molecule has 0 saturated carbocycles. The first-order valence-electron chi connectivity index (χ1n) is 6.05. The minimum Gasteiger partial charge on any atom is -0.381 e. The molecule has 5 heteroatoms. The van der Waals surface area contributed by atoms with Crippen LogP contribution in [0.3, 0.4) is 0 Å². The third-order valence-electron chi connectivity index (χ3n) is 2.85. The normalized spacial score (nSPS) is 10.8. The molecule has 0 bridgehead atoms. The van der Waals surface area contributed by atoms with Crippen molar-refractivity contribution in [1.29, 1.82) is 0 Å². The van der Waals surface area contributed by atoms with Crippen molar-refractivity contribution in [3.05, 3.63) is 35.5 Å². The second-order valence-corrected chi connectivity index (χ2v) is 5.06. The summed E-state index contributed by atoms with van der Waals surface area (Å²) >= 11 is 1.74. The van der Waals surface area contributed by atoms with Gasteiger partial charge in [0.05, 0.1) is 12.2 Å². The molecule has 0 aliphatic carbocycles. The molecule has 0 atom stereocenters. The van der Waals surface area contributed by atoms with E-state index in [-0.39, 0.29) is 0 Å². The lowest BCUT2D eigenvalue weighted by atomic mass is 10.2. The molecule has 1 heterocycles. The van der Waals surface area contributed by atoms with E-state index in [2.05, 4.69) is 47.8 Å². The van der Waals surface area contributed by atoms with Gasteiger partial charge in [-0.05, 0) is 30.4 Å². The number of nitrogens with zero attached hydrogens (tertiary/aromatic N) is 3. The van der Waals surface area contributed by atoms with E-state index in [1.54, 1.807) is 11.8 Å². The summed E-state index contributed by atoms with van der Waals surface area (Å²) in [5.74, 6) is 0.553. The summed E-state index contributed by atoms with van der Waals surface area (Å²) in [5, 5.41) is 8.06. The third-order valence-corrected chi connectivity index (χ3v) is 3.59. The second-order valence-electron chi connectivity index (χ2n) is 4.18. The molecule has 1 aromatic carbocycles. The van der Waals surface area contributed by atoms with Crippen LogP contribution >= 0.6 is 11.8 Å². The fourth-order valence-electron chi connectivity index (χ4n) is 1.87. The van der Waals surface area contributed by atoms with E-state index in [0.29, 0.717) is 5.82 Å². The van der Waals surface area contributed by atoms with Crippen LogP contribution in [0.4, 0.5) is 5.82 Å². The number of rotatable bonds is 5. The minimum atomic E-state index is 0.553. The fourth-order valence-corrected chi connectivity index (χ4v) is 2.28. The summed E-state index contributed by atoms with van der Waals surface area (Å²) in [6, 6.07) is 8.50. The summed E-state index contributed by atoms with van der Waals surface area (Å²) in [7, 11) is 0. The van der Waals surface area contributed by atoms with Gasteiger partial charge in [0.2, 0.25) is 0 Å². The lowest BCUT2D eigenvalue weighted by Gasteiger charge is -2.06. The van der Waals surface area contributed by atoms with E-state index in [0.717, 1.165) is 25.1 Å². The molecule has 0 amide bonds. The Kier molecular flexibility index (Phi) is 4.25. The molecule has 1 aromatic heterocycles. The average Bonchev–Trinajstić information content (AvgIpc) is 2.73. The topological polar surface area (TPSA) is 56.7 Å². The molecule has 2 aromatic rings. The van der Waals surface area contributed by atoms with Crippen molar-refractivity contribution >= 4 is 17.6 Å². The van der Waals surface area contributed by atoms with Gasteiger partial charge in [-0.3, -0.25) is 0 Å². The zero-order chi connectivity index (χ0) is 13.0. The number of nitrogen functional groups attached to an aromatic ring is 1. The molecule has 18 heavy (non-hydrogen) atoms. The highest BCUT2D eigenvalue weighted by atomic mass is 32.2. The standard InChI is InChI=1S/C13H18N4S/c1-3-4-12-13(14)15-16-17(12)9-10-5-7-11(18-2)8-6-10/h5-8H,3-4,9,14H2,1-2H3. The molecule has 2 N–H and O–H groups in total. The van der Waals surface area contributed by atoms with E-state index < -0.39 is 0 Å². The number of hydrogen-bond acceptors (Lipinski definition) is 4. The first kappa shape index (κ1) is 13.0. The lowest BCUT2D eigenvalue weighted by Crippen LogP contribution is -2.07. The highest BCUT2D eigenvalue weighted by molar-refractivity contribution is 7.98. The fraction of sp³-hybridized carbons (Fsp3) is 0.385. The lowest BCUT2D eigenvalue weighted by molar-refractivity contribution is 0.613. The van der Waals surface area contributed by atoms with Crippen LogP contribution in [-0.2, 0) is 13.0 Å². The van der Waals surface area contributed by atoms with Gasteiger partial charge in [-0.1, -0.05) is 30.7 Å². The van der Waals surface area contributed by atoms with E-state index in [1.165, 1.54) is 10.5 Å². The summed E-state index contributed by atoms with van der Waals surface area (Å²) in [4.78, 5) is 1.27. The van der Waals surface area contributed by atoms with E-state index >= 15 is 0 Å². The summed E-state index contributed by atoms with van der Waals surface area (Å²) in [6.45, 7) is 2.86. The van der Waals surface area contributed by atoms with Crippen molar-refractivity contribution in [2.45, 2.75) is 31.2 Å². The molecule has 0 aliphatic heterocycles. The maximum Gasteiger partial charge on any atom is 0.169 e. The molecular weight excluding hydrogens is 244 g/mol. The van der Waals surface area contributed by atoms with Gasteiger partial charge in [-0.2, -0.15) is 0 Å². The third kappa shape index (κ3) is 2.85. The van der Waals surface area contributed by atoms with Crippen molar-refractivity contribution < 1.29 is 0 Å². The molecule has 0 saturated heterocycles. The van der Waals surface area contributed by atoms with Gasteiger partial charge in [0, 0.05) is 4.90 Å². The SMILES string of the molecule is CCCc1c(N)nnn1Cc1ccc(SC)cc1. The Balaban J connectivity index is 2.17. The molecule has 0 aliphatic rings. The van der Waals surface area contributed by atoms with Crippen LogP contribution in [0.15, 0.2) is 29.2 Å². The number of benzene rings is 1. The Labute approximate surface area is 112 Å². The molecule has 96 valence electrons. The van der Waals surface area contributed by atoms with Crippen molar-refractivity contribution in [3.8, 4) is 0 Å². The quantitative estimate of drug-likeness (QED) is 0.841. The van der Waals surface area contributed by atoms with Gasteiger partial charge >= 0.3 is 0 Å². The van der Waals surface area contributed by atoms with E-state index in [4.69, 9.17) is 5.73 Å². The first-order chi connectivity index (χ1) is 8.74. The minimum absolute atomic E-state index is 0.553. The summed E-state index contributed by atoms with van der Waals surface area (Å²) in [6.07, 6.45) is 4.04. The molecular formula is C13H18N4S. The van der Waals surface area contributed by atoms with Crippen molar-refractivity contribution in [2.75, 3.05) is 12.0 Å². The van der Waals surface area contributed by atoms with Crippen molar-refractivity contribution in [1.82, 2.24) is 15.0 Å². The van der Waals surface area contributed by atoms with Crippen LogP contribution in [0.25, 0.3) is 0 Å². The van der Waals surface area contributed by atoms with Crippen LogP contribution in [0.2, 0.25) is 0 Å². The monoisotopic (exact) mass is 262 g/mol. The number of anilines is 1. The molecule has 2 rings (SSSR count). The van der Waals surface area contributed by atoms with E-state index in [9.17, 15) is 0 Å². The summed E-state index contributed by atoms with van der Waals surface area (Å²) < 4.78 is 1.90. The number of hydrogen-bond donors (Lipinski definition) is 1. The Morgan fingerprint density at radius 2 is 2.00 bits per heavy atom. The highest BCUT2D eigenvalue weighted by Gasteiger charge is 2.09. The van der Waals surface area contributed by atoms with Gasteiger partial charge in [-0.15, -0.1) is 16.9 Å². The van der Waals surface area contributed by atoms with Crippen LogP contribution < -0.4 is 5.73 Å². The number of thioether (sulfide) groups is 1.